The number of anilines is 1. The first-order valence-electron chi connectivity index (χ1n) is 10.2. The summed E-state index contributed by atoms with van der Waals surface area (Å²) in [6, 6.07) is 8.49. The summed E-state index contributed by atoms with van der Waals surface area (Å²) in [6.07, 6.45) is 8.13. The van der Waals surface area contributed by atoms with Crippen molar-refractivity contribution in [2.75, 3.05) is 39.3 Å². The molecule has 1 aliphatic carbocycles. The van der Waals surface area contributed by atoms with Crippen molar-refractivity contribution >= 4 is 12.0 Å². The largest absolute Gasteiger partial charge is 0.496 e. The van der Waals surface area contributed by atoms with E-state index in [4.69, 9.17) is 9.84 Å². The van der Waals surface area contributed by atoms with Crippen LogP contribution in [-0.4, -0.2) is 56.3 Å². The molecule has 164 valence electrons. The van der Waals surface area contributed by atoms with E-state index in [9.17, 15) is 9.18 Å². The van der Waals surface area contributed by atoms with Crippen LogP contribution in [0.5, 0.6) is 5.75 Å². The average molecular weight is 418 g/mol. The number of hydrogen-bond acceptors (Lipinski definition) is 6. The van der Waals surface area contributed by atoms with Crippen molar-refractivity contribution < 1.29 is 19.0 Å². The van der Waals surface area contributed by atoms with Crippen LogP contribution in [0, 0.1) is 5.82 Å². The molecule has 2 aromatic rings. The van der Waals surface area contributed by atoms with E-state index in [2.05, 4.69) is 15.2 Å². The number of aromatic nitrogens is 1. The molecule has 2 fully saturated rings. The molecule has 2 aliphatic rings. The summed E-state index contributed by atoms with van der Waals surface area (Å²) < 4.78 is 18.3. The van der Waals surface area contributed by atoms with Crippen molar-refractivity contribution in [2.45, 2.75) is 37.6 Å². The topological polar surface area (TPSA) is 74.7 Å². The second-order valence-electron chi connectivity index (χ2n) is 7.41. The molecule has 30 heavy (non-hydrogen) atoms. The van der Waals surface area contributed by atoms with E-state index < -0.39 is 0 Å². The van der Waals surface area contributed by atoms with E-state index in [1.165, 1.54) is 18.9 Å². The summed E-state index contributed by atoms with van der Waals surface area (Å²) >= 11 is 0. The van der Waals surface area contributed by atoms with Crippen molar-refractivity contribution in [3.05, 3.63) is 53.6 Å². The van der Waals surface area contributed by atoms with Gasteiger partial charge in [-0.2, -0.15) is 0 Å². The zero-order valence-electron chi connectivity index (χ0n) is 18.0. The Morgan fingerprint density at radius 1 is 1.23 bits per heavy atom. The summed E-state index contributed by atoms with van der Waals surface area (Å²) in [4.78, 5) is 16.7. The van der Waals surface area contributed by atoms with Crippen LogP contribution in [0.15, 0.2) is 36.5 Å². The number of pyridine rings is 1. The fourth-order valence-electron chi connectivity index (χ4n) is 3.59. The molecular formula is C23H32FN3O3. The summed E-state index contributed by atoms with van der Waals surface area (Å²) in [5, 5.41) is 10.3. The van der Waals surface area contributed by atoms with E-state index >= 15 is 0 Å². The number of nitrogens with zero attached hydrogens (tertiary/aromatic N) is 2. The van der Waals surface area contributed by atoms with Crippen molar-refractivity contribution in [1.82, 2.24) is 10.3 Å². The van der Waals surface area contributed by atoms with Gasteiger partial charge in [-0.1, -0.05) is 0 Å². The molecule has 4 rings (SSSR count). The molecule has 6 nitrogen and oxygen atoms in total. The molecule has 0 amide bonds. The maximum absolute atomic E-state index is 13.1. The number of nitrogens with one attached hydrogen (secondary N) is 1. The highest BCUT2D eigenvalue weighted by atomic mass is 19.1. The van der Waals surface area contributed by atoms with Crippen LogP contribution in [0.2, 0.25) is 0 Å². The van der Waals surface area contributed by atoms with E-state index in [1.807, 2.05) is 19.2 Å². The Kier molecular flexibility index (Phi) is 9.20. The molecule has 0 unspecified atom stereocenters. The van der Waals surface area contributed by atoms with Crippen molar-refractivity contribution in [3.63, 3.8) is 0 Å². The first kappa shape index (κ1) is 23.8. The third-order valence-electron chi connectivity index (χ3n) is 5.51. The minimum atomic E-state index is -0.197. The Bertz CT molecular complexity index is 806. The lowest BCUT2D eigenvalue weighted by atomic mass is 10.0. The molecule has 1 aromatic heterocycles. The first-order valence-corrected chi connectivity index (χ1v) is 10.2. The first-order chi connectivity index (χ1) is 14.6. The number of benzene rings is 1. The Morgan fingerprint density at radius 3 is 2.50 bits per heavy atom. The van der Waals surface area contributed by atoms with Gasteiger partial charge in [0.1, 0.15) is 17.3 Å². The molecule has 0 bridgehead atoms. The zero-order chi connectivity index (χ0) is 22.0. The number of methoxy groups -OCH3 is 1. The number of hydrogen-bond donors (Lipinski definition) is 2. The summed E-state index contributed by atoms with van der Waals surface area (Å²) in [5.74, 6) is 0.579. The number of likely N-dealkylation sites (N-methyl/N-ethyl adjacent to an activating group) is 1. The molecule has 1 aliphatic heterocycles. The normalized spacial score (nSPS) is 16.0. The molecular weight excluding hydrogens is 385 g/mol. The monoisotopic (exact) mass is 417 g/mol. The Hall–Kier alpha value is -2.51. The maximum atomic E-state index is 13.1. The standard InChI is InChI=1S/C12H16FNO.C10H12N2O.CH4O/c1-14-12(5-6-12)8-9-7-10(13)3-4-11(9)15-2;13-8-9-7-10(3-4-11-9)12-5-1-2-6-12;1-2/h3-4,7,14H,5-6,8H2,1-2H3;3-4,7-8H,1-2,5-6H2;2H,1H3. The molecule has 1 saturated heterocycles. The number of ether oxygens (including phenoxy) is 1. The lowest BCUT2D eigenvalue weighted by Crippen LogP contribution is -2.29. The van der Waals surface area contributed by atoms with Gasteiger partial charge in [-0.05, 0) is 75.0 Å². The summed E-state index contributed by atoms with van der Waals surface area (Å²) in [7, 11) is 4.58. The summed E-state index contributed by atoms with van der Waals surface area (Å²) in [6.45, 7) is 2.20. The van der Waals surface area contributed by atoms with Crippen molar-refractivity contribution in [2.24, 2.45) is 0 Å². The number of aliphatic hydroxyl groups excluding tert-OH is 1. The molecule has 1 saturated carbocycles. The minimum absolute atomic E-state index is 0.182. The molecule has 2 N–H and O–H groups in total. The van der Waals surface area contributed by atoms with Crippen molar-refractivity contribution in [3.8, 4) is 5.75 Å². The molecule has 7 heteroatoms. The van der Waals surface area contributed by atoms with Gasteiger partial charge >= 0.3 is 0 Å². The molecule has 0 atom stereocenters. The van der Waals surface area contributed by atoms with Crippen LogP contribution in [0.25, 0.3) is 0 Å². The zero-order valence-corrected chi connectivity index (χ0v) is 18.0. The maximum Gasteiger partial charge on any atom is 0.168 e. The van der Waals surface area contributed by atoms with Gasteiger partial charge in [0.25, 0.3) is 0 Å². The third-order valence-corrected chi connectivity index (χ3v) is 5.51. The highest BCUT2D eigenvalue weighted by molar-refractivity contribution is 5.74. The van der Waals surface area contributed by atoms with Gasteiger partial charge in [-0.3, -0.25) is 9.78 Å². The molecule has 0 spiro atoms. The third kappa shape index (κ3) is 6.50. The van der Waals surface area contributed by atoms with Crippen molar-refractivity contribution in [1.29, 1.82) is 0 Å². The van der Waals surface area contributed by atoms with Crippen LogP contribution in [-0.2, 0) is 6.42 Å². The highest BCUT2D eigenvalue weighted by Crippen LogP contribution is 2.40. The lowest BCUT2D eigenvalue weighted by Gasteiger charge is -2.16. The van der Waals surface area contributed by atoms with Gasteiger partial charge in [0.2, 0.25) is 0 Å². The van der Waals surface area contributed by atoms with Crippen LogP contribution in [0.3, 0.4) is 0 Å². The van der Waals surface area contributed by atoms with Crippen LogP contribution < -0.4 is 15.0 Å². The molecule has 2 heterocycles. The van der Waals surface area contributed by atoms with Gasteiger partial charge < -0.3 is 20.1 Å². The van der Waals surface area contributed by atoms with Gasteiger partial charge in [0.15, 0.2) is 6.29 Å². The predicted octanol–water partition coefficient (Wildman–Crippen LogP) is 3.23. The quantitative estimate of drug-likeness (QED) is 0.703. The van der Waals surface area contributed by atoms with E-state index in [1.54, 1.807) is 25.4 Å². The van der Waals surface area contributed by atoms with Crippen LogP contribution in [0.4, 0.5) is 10.1 Å². The Morgan fingerprint density at radius 2 is 1.93 bits per heavy atom. The number of aldehydes is 1. The number of halogens is 1. The molecule has 0 radical (unpaired) electrons. The second kappa shape index (κ2) is 11.6. The number of carbonyl (C=O) groups excluding carboxylic acids is 1. The SMILES string of the molecule is CNC1(Cc2cc(F)ccc2OC)CC1.CO.O=Cc1cc(N2CCCC2)ccn1. The lowest BCUT2D eigenvalue weighted by molar-refractivity contribution is 0.111. The number of aliphatic hydroxyl groups is 1. The number of carbonyl (C=O) groups is 1. The minimum Gasteiger partial charge on any atom is -0.496 e. The van der Waals surface area contributed by atoms with E-state index in [-0.39, 0.29) is 11.4 Å². The van der Waals surface area contributed by atoms with E-state index in [0.29, 0.717) is 5.69 Å². The molecule has 1 aromatic carbocycles. The average Bonchev–Trinajstić information content (AvgIpc) is 3.35. The fraction of sp³-hybridized carbons (Fsp3) is 0.478. The van der Waals surface area contributed by atoms with Gasteiger partial charge in [-0.15, -0.1) is 0 Å². The predicted molar refractivity (Wildman–Crippen MR) is 117 cm³/mol. The second-order valence-corrected chi connectivity index (χ2v) is 7.41. The van der Waals surface area contributed by atoms with E-state index in [0.717, 1.165) is 62.7 Å². The smallest absolute Gasteiger partial charge is 0.168 e. The summed E-state index contributed by atoms with van der Waals surface area (Å²) in [5.41, 5.74) is 2.77. The Labute approximate surface area is 178 Å². The van der Waals surface area contributed by atoms with Crippen LogP contribution >= 0.6 is 0 Å². The van der Waals surface area contributed by atoms with Gasteiger partial charge in [0.05, 0.1) is 7.11 Å². The highest BCUT2D eigenvalue weighted by Gasteiger charge is 2.41. The number of rotatable bonds is 6. The van der Waals surface area contributed by atoms with Crippen LogP contribution in [0.1, 0.15) is 41.7 Å². The Balaban J connectivity index is 0.000000199. The van der Waals surface area contributed by atoms with Gasteiger partial charge in [0, 0.05) is 37.6 Å². The fourth-order valence-corrected chi connectivity index (χ4v) is 3.59. The van der Waals surface area contributed by atoms with Gasteiger partial charge in [-0.25, -0.2) is 4.39 Å².